The number of anilines is 1. The molecule has 4 aromatic rings. The topological polar surface area (TPSA) is 62.6 Å². The van der Waals surface area contributed by atoms with Crippen LogP contribution in [0.5, 0.6) is 0 Å². The maximum atomic E-state index is 13.6. The van der Waals surface area contributed by atoms with Crippen LogP contribution in [0.25, 0.3) is 16.9 Å². The first-order valence-electron chi connectivity index (χ1n) is 11.9. The van der Waals surface area contributed by atoms with E-state index in [0.29, 0.717) is 40.5 Å². The van der Waals surface area contributed by atoms with Crippen LogP contribution in [0.4, 0.5) is 18.9 Å². The number of rotatable bonds is 5. The maximum absolute atomic E-state index is 13.6. The van der Waals surface area contributed by atoms with Crippen molar-refractivity contribution in [2.75, 3.05) is 25.5 Å². The minimum atomic E-state index is -4.55. The Morgan fingerprint density at radius 3 is 2.28 bits per heavy atom. The summed E-state index contributed by atoms with van der Waals surface area (Å²) in [7, 11) is -0.693. The van der Waals surface area contributed by atoms with E-state index < -0.39 is 21.8 Å². The number of carbonyl (C=O) groups is 1. The molecule has 0 unspecified atom stereocenters. The maximum Gasteiger partial charge on any atom is 0.417 e. The van der Waals surface area contributed by atoms with E-state index in [-0.39, 0.29) is 16.5 Å². The minimum Gasteiger partial charge on any atom is -0.314 e. The molecule has 5 rings (SSSR count). The molecule has 202 valence electrons. The lowest BCUT2D eigenvalue weighted by Gasteiger charge is -2.18. The van der Waals surface area contributed by atoms with Gasteiger partial charge in [-0.05, 0) is 66.1 Å². The lowest BCUT2D eigenvalue weighted by Crippen LogP contribution is -2.28. The fourth-order valence-electron chi connectivity index (χ4n) is 4.59. The third-order valence-corrected chi connectivity index (χ3v) is 8.79. The second-order valence-corrected chi connectivity index (χ2v) is 11.9. The number of alkyl halides is 3. The Morgan fingerprint density at radius 2 is 1.64 bits per heavy atom. The van der Waals surface area contributed by atoms with E-state index in [1.165, 1.54) is 24.7 Å². The lowest BCUT2D eigenvalue weighted by atomic mass is 10.1. The van der Waals surface area contributed by atoms with Gasteiger partial charge in [0.25, 0.3) is 5.91 Å². The Morgan fingerprint density at radius 1 is 0.949 bits per heavy atom. The quantitative estimate of drug-likeness (QED) is 0.283. The number of nitrogens with zero attached hydrogens (tertiary/aromatic N) is 3. The molecule has 6 nitrogen and oxygen atoms in total. The number of sulfonamides is 1. The van der Waals surface area contributed by atoms with Crippen molar-refractivity contribution in [1.82, 2.24) is 8.87 Å². The molecule has 11 heteroatoms. The second-order valence-electron chi connectivity index (χ2n) is 9.30. The predicted octanol–water partition coefficient (Wildman–Crippen LogP) is 6.27. The van der Waals surface area contributed by atoms with Crippen molar-refractivity contribution in [2.24, 2.45) is 0 Å². The first-order chi connectivity index (χ1) is 18.4. The average Bonchev–Trinajstić information content (AvgIpc) is 3.53. The van der Waals surface area contributed by atoms with E-state index >= 15 is 0 Å². The Bertz CT molecular complexity index is 1680. The van der Waals surface area contributed by atoms with Gasteiger partial charge in [-0.1, -0.05) is 35.9 Å². The molecular weight excluding hydrogens is 551 g/mol. The van der Waals surface area contributed by atoms with E-state index in [4.69, 9.17) is 11.6 Å². The number of para-hydroxylation sites is 1. The molecule has 39 heavy (non-hydrogen) atoms. The SMILES string of the molecule is CN(C)S(=O)(=O)c1ccc2c(c1)CCN2C(=O)c1ccc(-c2cc(C(F)(F)F)cn2-c2ccccc2Cl)cc1. The highest BCUT2D eigenvalue weighted by Gasteiger charge is 2.33. The smallest absolute Gasteiger partial charge is 0.314 e. The molecule has 0 fully saturated rings. The lowest BCUT2D eigenvalue weighted by molar-refractivity contribution is -0.137. The number of hydrogen-bond donors (Lipinski definition) is 0. The molecule has 3 aromatic carbocycles. The summed E-state index contributed by atoms with van der Waals surface area (Å²) in [6, 6.07) is 18.7. The second kappa shape index (κ2) is 9.86. The summed E-state index contributed by atoms with van der Waals surface area (Å²) >= 11 is 6.28. The molecule has 0 atom stereocenters. The number of hydrogen-bond acceptors (Lipinski definition) is 3. The Balaban J connectivity index is 1.46. The summed E-state index contributed by atoms with van der Waals surface area (Å²) in [5.74, 6) is -0.291. The van der Waals surface area contributed by atoms with Crippen LogP contribution >= 0.6 is 11.6 Å². The monoisotopic (exact) mass is 573 g/mol. The predicted molar refractivity (Wildman–Crippen MR) is 144 cm³/mol. The van der Waals surface area contributed by atoms with Gasteiger partial charge in [-0.15, -0.1) is 0 Å². The third-order valence-electron chi connectivity index (χ3n) is 6.66. The van der Waals surface area contributed by atoms with Crippen molar-refractivity contribution >= 4 is 33.2 Å². The van der Waals surface area contributed by atoms with E-state index in [1.54, 1.807) is 65.6 Å². The van der Waals surface area contributed by atoms with Gasteiger partial charge in [0.15, 0.2) is 0 Å². The molecule has 0 saturated carbocycles. The van der Waals surface area contributed by atoms with Gasteiger partial charge in [0, 0.05) is 38.1 Å². The Kier molecular flexibility index (Phi) is 6.82. The normalized spacial score (nSPS) is 13.7. The van der Waals surface area contributed by atoms with E-state index in [9.17, 15) is 26.4 Å². The van der Waals surface area contributed by atoms with Gasteiger partial charge in [-0.25, -0.2) is 12.7 Å². The molecule has 1 aliphatic heterocycles. The van der Waals surface area contributed by atoms with Gasteiger partial charge in [0.05, 0.1) is 26.9 Å². The van der Waals surface area contributed by atoms with Crippen LogP contribution in [0.15, 0.2) is 83.9 Å². The summed E-state index contributed by atoms with van der Waals surface area (Å²) in [6.07, 6.45) is -3.05. The fourth-order valence-corrected chi connectivity index (χ4v) is 5.77. The van der Waals surface area contributed by atoms with Gasteiger partial charge in [-0.2, -0.15) is 13.2 Å². The highest BCUT2D eigenvalue weighted by molar-refractivity contribution is 7.89. The van der Waals surface area contributed by atoms with Crippen LogP contribution in [0.1, 0.15) is 21.5 Å². The van der Waals surface area contributed by atoms with Crippen molar-refractivity contribution in [3.8, 4) is 16.9 Å². The standard InChI is InChI=1S/C28H23ClF3N3O3S/c1-33(2)39(37,38)22-11-12-24-20(15-22)13-14-34(24)27(36)19-9-7-18(8-10-19)26-16-21(28(30,31)32)17-35(26)25-6-4-3-5-23(25)29/h3-12,15-17H,13-14H2,1-2H3. The van der Waals surface area contributed by atoms with Crippen molar-refractivity contribution in [2.45, 2.75) is 17.5 Å². The number of halogens is 4. The zero-order chi connectivity index (χ0) is 28.1. The van der Waals surface area contributed by atoms with Crippen molar-refractivity contribution < 1.29 is 26.4 Å². The molecule has 1 aliphatic rings. The fraction of sp³-hybridized carbons (Fsp3) is 0.179. The van der Waals surface area contributed by atoms with Crippen molar-refractivity contribution in [1.29, 1.82) is 0 Å². The molecular formula is C28H23ClF3N3O3S. The number of carbonyl (C=O) groups excluding carboxylic acids is 1. The highest BCUT2D eigenvalue weighted by Crippen LogP contribution is 2.37. The molecule has 0 bridgehead atoms. The molecule has 1 amide bonds. The number of benzene rings is 3. The zero-order valence-electron chi connectivity index (χ0n) is 20.9. The number of aromatic nitrogens is 1. The first-order valence-corrected chi connectivity index (χ1v) is 13.7. The highest BCUT2D eigenvalue weighted by atomic mass is 35.5. The van der Waals surface area contributed by atoms with Gasteiger partial charge >= 0.3 is 6.18 Å². The summed E-state index contributed by atoms with van der Waals surface area (Å²) < 4.78 is 68.2. The van der Waals surface area contributed by atoms with Gasteiger partial charge in [-0.3, -0.25) is 4.79 Å². The van der Waals surface area contributed by atoms with Crippen molar-refractivity contribution in [3.63, 3.8) is 0 Å². The molecule has 0 spiro atoms. The molecule has 0 N–H and O–H groups in total. The van der Waals surface area contributed by atoms with E-state index in [0.717, 1.165) is 22.1 Å². The summed E-state index contributed by atoms with van der Waals surface area (Å²) in [5, 5.41) is 0.295. The molecule has 1 aromatic heterocycles. The summed E-state index contributed by atoms with van der Waals surface area (Å²) in [6.45, 7) is 0.381. The van der Waals surface area contributed by atoms with Crippen molar-refractivity contribution in [3.05, 3.63) is 101 Å². The average molecular weight is 574 g/mol. The van der Waals surface area contributed by atoms with Crippen LogP contribution in [-0.4, -0.2) is 43.8 Å². The summed E-state index contributed by atoms with van der Waals surface area (Å²) in [5.41, 5.74) is 2.06. The van der Waals surface area contributed by atoms with Gasteiger partial charge in [0.2, 0.25) is 10.0 Å². The van der Waals surface area contributed by atoms with Crippen LogP contribution in [0, 0.1) is 0 Å². The van der Waals surface area contributed by atoms with Crippen LogP contribution in [-0.2, 0) is 22.6 Å². The largest absolute Gasteiger partial charge is 0.417 e. The molecule has 2 heterocycles. The van der Waals surface area contributed by atoms with E-state index in [1.807, 2.05) is 0 Å². The van der Waals surface area contributed by atoms with Gasteiger partial charge in [0.1, 0.15) is 0 Å². The van der Waals surface area contributed by atoms with Crippen LogP contribution in [0.3, 0.4) is 0 Å². The summed E-state index contributed by atoms with van der Waals surface area (Å²) in [4.78, 5) is 15.1. The van der Waals surface area contributed by atoms with E-state index in [2.05, 4.69) is 0 Å². The van der Waals surface area contributed by atoms with Crippen LogP contribution in [0.2, 0.25) is 5.02 Å². The molecule has 0 saturated heterocycles. The zero-order valence-corrected chi connectivity index (χ0v) is 22.5. The molecule has 0 aliphatic carbocycles. The number of fused-ring (bicyclic) bond motifs is 1. The Labute approximate surface area is 228 Å². The van der Waals surface area contributed by atoms with Crippen LogP contribution < -0.4 is 4.90 Å². The third kappa shape index (κ3) is 4.95. The minimum absolute atomic E-state index is 0.157. The Hall–Kier alpha value is -3.60. The first kappa shape index (κ1) is 27.0. The molecule has 0 radical (unpaired) electrons. The number of amides is 1. The van der Waals surface area contributed by atoms with Gasteiger partial charge < -0.3 is 9.47 Å².